The molecule has 2 aliphatic rings. The monoisotopic (exact) mass is 452 g/mol. The minimum absolute atomic E-state index is 0.0162. The SMILES string of the molecule is Cc1nn(-c2ccccc2)c(Cl)c1CN1C(=O)N[C@@](C)(c2ccc3c(c2)OCCO3)C1=O. The summed E-state index contributed by atoms with van der Waals surface area (Å²) in [5.41, 5.74) is 1.44. The van der Waals surface area contributed by atoms with Crippen molar-refractivity contribution in [2.75, 3.05) is 13.2 Å². The van der Waals surface area contributed by atoms with Gasteiger partial charge in [0.05, 0.1) is 17.9 Å². The van der Waals surface area contributed by atoms with Gasteiger partial charge in [-0.05, 0) is 43.7 Å². The van der Waals surface area contributed by atoms with Gasteiger partial charge in [-0.15, -0.1) is 0 Å². The molecule has 8 nitrogen and oxygen atoms in total. The van der Waals surface area contributed by atoms with Crippen LogP contribution in [0.1, 0.15) is 23.7 Å². The van der Waals surface area contributed by atoms with Gasteiger partial charge in [-0.3, -0.25) is 9.69 Å². The van der Waals surface area contributed by atoms with E-state index in [0.29, 0.717) is 46.7 Å². The van der Waals surface area contributed by atoms with Gasteiger partial charge < -0.3 is 14.8 Å². The summed E-state index contributed by atoms with van der Waals surface area (Å²) < 4.78 is 12.8. The van der Waals surface area contributed by atoms with Gasteiger partial charge in [0.15, 0.2) is 11.5 Å². The molecule has 3 heterocycles. The topological polar surface area (TPSA) is 85.7 Å². The number of hydrogen-bond donors (Lipinski definition) is 1. The zero-order chi connectivity index (χ0) is 22.5. The van der Waals surface area contributed by atoms with Gasteiger partial charge >= 0.3 is 6.03 Å². The molecule has 3 aromatic rings. The van der Waals surface area contributed by atoms with Crippen LogP contribution in [0.2, 0.25) is 5.15 Å². The number of amides is 3. The molecule has 1 atom stereocenters. The van der Waals surface area contributed by atoms with Crippen molar-refractivity contribution in [1.29, 1.82) is 0 Å². The van der Waals surface area contributed by atoms with Crippen LogP contribution in [0.15, 0.2) is 48.5 Å². The Bertz CT molecular complexity index is 1230. The van der Waals surface area contributed by atoms with Gasteiger partial charge in [-0.2, -0.15) is 5.10 Å². The van der Waals surface area contributed by atoms with Crippen LogP contribution in [0.25, 0.3) is 5.69 Å². The van der Waals surface area contributed by atoms with E-state index in [0.717, 1.165) is 5.69 Å². The second-order valence-electron chi connectivity index (χ2n) is 7.91. The number of para-hydroxylation sites is 1. The van der Waals surface area contributed by atoms with Gasteiger partial charge in [0.1, 0.15) is 23.9 Å². The summed E-state index contributed by atoms with van der Waals surface area (Å²) in [5, 5.41) is 7.68. The Morgan fingerprint density at radius 3 is 2.56 bits per heavy atom. The summed E-state index contributed by atoms with van der Waals surface area (Å²) in [6.45, 7) is 4.41. The van der Waals surface area contributed by atoms with Crippen molar-refractivity contribution >= 4 is 23.5 Å². The molecule has 9 heteroatoms. The largest absolute Gasteiger partial charge is 0.486 e. The number of nitrogens with one attached hydrogen (secondary N) is 1. The molecule has 2 aromatic carbocycles. The molecule has 1 fully saturated rings. The van der Waals surface area contributed by atoms with Crippen molar-refractivity contribution in [3.63, 3.8) is 0 Å². The fraction of sp³-hybridized carbons (Fsp3) is 0.261. The lowest BCUT2D eigenvalue weighted by Crippen LogP contribution is -2.41. The number of fused-ring (bicyclic) bond motifs is 1. The summed E-state index contributed by atoms with van der Waals surface area (Å²) in [7, 11) is 0. The van der Waals surface area contributed by atoms with E-state index in [-0.39, 0.29) is 12.5 Å². The van der Waals surface area contributed by atoms with Crippen LogP contribution in [0.5, 0.6) is 11.5 Å². The Morgan fingerprint density at radius 1 is 1.09 bits per heavy atom. The third-order valence-electron chi connectivity index (χ3n) is 5.83. The molecular weight excluding hydrogens is 432 g/mol. The number of rotatable bonds is 4. The Morgan fingerprint density at radius 2 is 1.81 bits per heavy atom. The lowest BCUT2D eigenvalue weighted by Gasteiger charge is -2.25. The fourth-order valence-corrected chi connectivity index (χ4v) is 4.33. The number of aromatic nitrogens is 2. The fourth-order valence-electron chi connectivity index (χ4n) is 4.00. The Hall–Kier alpha value is -3.52. The van der Waals surface area contributed by atoms with Crippen molar-refractivity contribution in [3.05, 3.63) is 70.5 Å². The lowest BCUT2D eigenvalue weighted by molar-refractivity contribution is -0.131. The van der Waals surface area contributed by atoms with Gasteiger partial charge in [0.25, 0.3) is 5.91 Å². The first-order valence-corrected chi connectivity index (χ1v) is 10.6. The summed E-state index contributed by atoms with van der Waals surface area (Å²) in [6.07, 6.45) is 0. The number of halogens is 1. The van der Waals surface area contributed by atoms with Gasteiger partial charge in [0, 0.05) is 5.56 Å². The van der Waals surface area contributed by atoms with Crippen LogP contribution >= 0.6 is 11.6 Å². The molecule has 5 rings (SSSR count). The molecule has 0 aliphatic carbocycles. The second-order valence-corrected chi connectivity index (χ2v) is 8.27. The number of carbonyl (C=O) groups excluding carboxylic acids is 2. The Labute approximate surface area is 189 Å². The predicted octanol–water partition coefficient (Wildman–Crippen LogP) is 3.57. The highest BCUT2D eigenvalue weighted by atomic mass is 35.5. The number of urea groups is 1. The van der Waals surface area contributed by atoms with E-state index in [1.165, 1.54) is 4.90 Å². The standard InChI is InChI=1S/C23H21ClN4O4/c1-14-17(20(24)28(26-14)16-6-4-3-5-7-16)13-27-21(29)23(2,25-22(27)30)15-8-9-18-19(12-15)32-11-10-31-18/h3-9,12H,10-11,13H2,1-2H3,(H,25,30)/t23-/m0/s1. The molecule has 0 radical (unpaired) electrons. The predicted molar refractivity (Wildman–Crippen MR) is 117 cm³/mol. The van der Waals surface area contributed by atoms with E-state index < -0.39 is 11.6 Å². The number of benzene rings is 2. The normalized spacial score (nSPS) is 19.9. The molecule has 0 spiro atoms. The van der Waals surface area contributed by atoms with E-state index >= 15 is 0 Å². The molecule has 0 bridgehead atoms. The zero-order valence-electron chi connectivity index (χ0n) is 17.6. The minimum atomic E-state index is -1.23. The highest BCUT2D eigenvalue weighted by Gasteiger charge is 2.49. The smallest absolute Gasteiger partial charge is 0.325 e. The van der Waals surface area contributed by atoms with Crippen molar-refractivity contribution in [3.8, 4) is 17.2 Å². The van der Waals surface area contributed by atoms with Crippen molar-refractivity contribution in [2.24, 2.45) is 0 Å². The molecule has 1 aromatic heterocycles. The summed E-state index contributed by atoms with van der Waals surface area (Å²) >= 11 is 6.61. The van der Waals surface area contributed by atoms with Crippen molar-refractivity contribution in [2.45, 2.75) is 25.9 Å². The molecule has 1 saturated heterocycles. The maximum atomic E-state index is 13.4. The molecule has 0 saturated carbocycles. The zero-order valence-corrected chi connectivity index (χ0v) is 18.3. The van der Waals surface area contributed by atoms with Crippen LogP contribution in [-0.4, -0.2) is 39.8 Å². The molecule has 32 heavy (non-hydrogen) atoms. The highest BCUT2D eigenvalue weighted by Crippen LogP contribution is 2.37. The number of ether oxygens (including phenoxy) is 2. The maximum absolute atomic E-state index is 13.4. The van der Waals surface area contributed by atoms with Crippen molar-refractivity contribution < 1.29 is 19.1 Å². The quantitative estimate of drug-likeness (QED) is 0.611. The number of nitrogens with zero attached hydrogens (tertiary/aromatic N) is 3. The molecular formula is C23H21ClN4O4. The Balaban J connectivity index is 1.45. The molecule has 2 aliphatic heterocycles. The maximum Gasteiger partial charge on any atom is 0.325 e. The van der Waals surface area contributed by atoms with E-state index in [1.807, 2.05) is 30.3 Å². The van der Waals surface area contributed by atoms with Crippen LogP contribution in [-0.2, 0) is 16.9 Å². The van der Waals surface area contributed by atoms with Crippen LogP contribution in [0, 0.1) is 6.92 Å². The van der Waals surface area contributed by atoms with Crippen LogP contribution < -0.4 is 14.8 Å². The summed E-state index contributed by atoms with van der Waals surface area (Å²) in [4.78, 5) is 27.4. The van der Waals surface area contributed by atoms with Gasteiger partial charge in [-0.1, -0.05) is 35.9 Å². The third kappa shape index (κ3) is 3.18. The number of hydrogen-bond acceptors (Lipinski definition) is 5. The van der Waals surface area contributed by atoms with Gasteiger partial charge in [0.2, 0.25) is 0 Å². The average Bonchev–Trinajstić information content (AvgIpc) is 3.21. The first kappa shape index (κ1) is 20.4. The first-order chi connectivity index (χ1) is 15.4. The number of aryl methyl sites for hydroxylation is 1. The molecule has 3 amide bonds. The van der Waals surface area contributed by atoms with E-state index in [4.69, 9.17) is 21.1 Å². The number of carbonyl (C=O) groups is 2. The van der Waals surface area contributed by atoms with E-state index in [2.05, 4.69) is 10.4 Å². The second kappa shape index (κ2) is 7.56. The Kier molecular flexibility index (Phi) is 4.82. The molecule has 0 unspecified atom stereocenters. The molecule has 164 valence electrons. The third-order valence-corrected chi connectivity index (χ3v) is 6.22. The van der Waals surface area contributed by atoms with Gasteiger partial charge in [-0.25, -0.2) is 9.48 Å². The van der Waals surface area contributed by atoms with E-state index in [1.54, 1.807) is 36.7 Å². The lowest BCUT2D eigenvalue weighted by atomic mass is 9.91. The van der Waals surface area contributed by atoms with Crippen LogP contribution in [0.3, 0.4) is 0 Å². The first-order valence-electron chi connectivity index (χ1n) is 10.2. The van der Waals surface area contributed by atoms with Crippen molar-refractivity contribution in [1.82, 2.24) is 20.0 Å². The minimum Gasteiger partial charge on any atom is -0.486 e. The van der Waals surface area contributed by atoms with Crippen LogP contribution in [0.4, 0.5) is 4.79 Å². The average molecular weight is 453 g/mol. The summed E-state index contributed by atoms with van der Waals surface area (Å²) in [5.74, 6) is 0.800. The summed E-state index contributed by atoms with van der Waals surface area (Å²) in [6, 6.07) is 14.2. The molecule has 1 N–H and O–H groups in total. The number of imide groups is 1. The van der Waals surface area contributed by atoms with E-state index in [9.17, 15) is 9.59 Å². The highest BCUT2D eigenvalue weighted by molar-refractivity contribution is 6.30.